The number of piperidine rings is 1. The van der Waals surface area contributed by atoms with Crippen LogP contribution < -0.4 is 10.1 Å². The number of hydrogen-bond acceptors (Lipinski definition) is 7. The molecule has 0 atom stereocenters. The van der Waals surface area contributed by atoms with Crippen LogP contribution in [0.1, 0.15) is 55.4 Å². The van der Waals surface area contributed by atoms with Crippen LogP contribution in [-0.2, 0) is 22.6 Å². The van der Waals surface area contributed by atoms with Crippen molar-refractivity contribution in [2.45, 2.75) is 64.1 Å². The van der Waals surface area contributed by atoms with Gasteiger partial charge in [-0.1, -0.05) is 0 Å². The normalized spacial score (nSPS) is 23.2. The van der Waals surface area contributed by atoms with Gasteiger partial charge in [-0.2, -0.15) is 0 Å². The highest BCUT2D eigenvalue weighted by atomic mass is 19.1. The van der Waals surface area contributed by atoms with Gasteiger partial charge >= 0.3 is 6.09 Å². The number of ether oxygens (including phenoxy) is 2. The number of carbonyl (C=O) groups excluding carboxylic acids is 2. The molecule has 1 aromatic carbocycles. The number of amides is 2. The SMILES string of the molecule is COc1cc(CNC(=O)C2CCC(CN3CC4(CCN(Cc5c(F)cc(C)cc5F)CC4)OC3=O)CC2)on1. The third-order valence-corrected chi connectivity index (χ3v) is 8.35. The molecule has 0 radical (unpaired) electrons. The highest BCUT2D eigenvalue weighted by Gasteiger charge is 2.47. The van der Waals surface area contributed by atoms with Crippen LogP contribution in [0.5, 0.6) is 5.88 Å². The van der Waals surface area contributed by atoms with Gasteiger partial charge in [-0.15, -0.1) is 0 Å². The first kappa shape index (κ1) is 27.4. The van der Waals surface area contributed by atoms with Crippen molar-refractivity contribution < 1.29 is 32.4 Å². The average Bonchev–Trinajstić information content (AvgIpc) is 3.50. The average molecular weight is 547 g/mol. The first-order chi connectivity index (χ1) is 18.7. The standard InChI is InChI=1S/C28H36F2N4O5/c1-18-11-23(29)22(24(30)12-18)16-33-9-7-28(8-10-33)17-34(27(36)38-28)15-19-3-5-20(6-4-19)26(35)31-14-21-13-25(37-2)32-39-21/h11-13,19-20H,3-10,14-17H2,1-2H3,(H,31,35). The molecule has 1 aromatic heterocycles. The number of nitrogens with one attached hydrogen (secondary N) is 1. The minimum absolute atomic E-state index is 0.000474. The summed E-state index contributed by atoms with van der Waals surface area (Å²) in [5, 5.41) is 6.64. The molecule has 0 unspecified atom stereocenters. The molecule has 2 saturated heterocycles. The molecule has 2 aromatic rings. The lowest BCUT2D eigenvalue weighted by Crippen LogP contribution is -2.47. The molecule has 1 N–H and O–H groups in total. The van der Waals surface area contributed by atoms with Crippen molar-refractivity contribution in [1.82, 2.24) is 20.3 Å². The van der Waals surface area contributed by atoms with E-state index in [9.17, 15) is 18.4 Å². The van der Waals surface area contributed by atoms with E-state index < -0.39 is 17.2 Å². The molecule has 5 rings (SSSR count). The lowest BCUT2D eigenvalue weighted by atomic mass is 9.81. The summed E-state index contributed by atoms with van der Waals surface area (Å²) in [6.07, 6.45) is 4.25. The number of halogens is 2. The molecule has 3 heterocycles. The zero-order valence-electron chi connectivity index (χ0n) is 22.5. The summed E-state index contributed by atoms with van der Waals surface area (Å²) in [5.74, 6) is 0.137. The van der Waals surface area contributed by atoms with E-state index in [1.807, 2.05) is 4.90 Å². The Morgan fingerprint density at radius 3 is 2.49 bits per heavy atom. The summed E-state index contributed by atoms with van der Waals surface area (Å²) in [7, 11) is 1.50. The molecule has 1 aliphatic carbocycles. The fourth-order valence-corrected chi connectivity index (χ4v) is 6.03. The molecule has 2 amide bonds. The molecule has 39 heavy (non-hydrogen) atoms. The Balaban J connectivity index is 1.05. The van der Waals surface area contributed by atoms with Gasteiger partial charge < -0.3 is 24.2 Å². The van der Waals surface area contributed by atoms with Gasteiger partial charge in [0.15, 0.2) is 5.76 Å². The molecule has 9 nitrogen and oxygen atoms in total. The second kappa shape index (κ2) is 11.5. The summed E-state index contributed by atoms with van der Waals surface area (Å²) >= 11 is 0. The van der Waals surface area contributed by atoms with Crippen LogP contribution >= 0.6 is 0 Å². The Morgan fingerprint density at radius 1 is 1.15 bits per heavy atom. The van der Waals surface area contributed by atoms with E-state index in [2.05, 4.69) is 10.5 Å². The molecule has 3 fully saturated rings. The predicted molar refractivity (Wildman–Crippen MR) is 137 cm³/mol. The number of likely N-dealkylation sites (tertiary alicyclic amines) is 1. The second-order valence-corrected chi connectivity index (χ2v) is 11.2. The Kier molecular flexibility index (Phi) is 8.06. The van der Waals surface area contributed by atoms with Crippen LogP contribution in [0.15, 0.2) is 22.7 Å². The molecule has 11 heteroatoms. The van der Waals surface area contributed by atoms with Crippen LogP contribution in [0.2, 0.25) is 0 Å². The number of rotatable bonds is 8. The number of hydrogen-bond donors (Lipinski definition) is 1. The van der Waals surface area contributed by atoms with E-state index in [1.54, 1.807) is 17.9 Å². The van der Waals surface area contributed by atoms with E-state index in [1.165, 1.54) is 19.2 Å². The first-order valence-corrected chi connectivity index (χ1v) is 13.7. The zero-order valence-corrected chi connectivity index (χ0v) is 22.5. The third kappa shape index (κ3) is 6.34. The maximum absolute atomic E-state index is 14.3. The van der Waals surface area contributed by atoms with Crippen molar-refractivity contribution in [3.63, 3.8) is 0 Å². The largest absolute Gasteiger partial charge is 0.479 e. The van der Waals surface area contributed by atoms with Crippen molar-refractivity contribution in [3.8, 4) is 5.88 Å². The minimum atomic E-state index is -0.543. The molecule has 1 saturated carbocycles. The Morgan fingerprint density at radius 2 is 1.85 bits per heavy atom. The highest BCUT2D eigenvalue weighted by molar-refractivity contribution is 5.78. The lowest BCUT2D eigenvalue weighted by molar-refractivity contribution is -0.126. The maximum Gasteiger partial charge on any atom is 0.410 e. The highest BCUT2D eigenvalue weighted by Crippen LogP contribution is 2.36. The maximum atomic E-state index is 14.3. The van der Waals surface area contributed by atoms with E-state index in [0.29, 0.717) is 62.1 Å². The number of benzene rings is 1. The molecule has 3 aliphatic rings. The van der Waals surface area contributed by atoms with Crippen LogP contribution in [-0.4, -0.2) is 65.8 Å². The Hall–Kier alpha value is -3.21. The number of aryl methyl sites for hydroxylation is 1. The zero-order chi connectivity index (χ0) is 27.6. The Labute approximate surface area is 226 Å². The quantitative estimate of drug-likeness (QED) is 0.531. The topological polar surface area (TPSA) is 97.1 Å². The third-order valence-electron chi connectivity index (χ3n) is 8.35. The molecular formula is C28H36F2N4O5. The predicted octanol–water partition coefficient (Wildman–Crippen LogP) is 4.18. The molecule has 0 bridgehead atoms. The second-order valence-electron chi connectivity index (χ2n) is 11.2. The number of carbonyl (C=O) groups is 2. The van der Waals surface area contributed by atoms with Crippen molar-refractivity contribution in [2.75, 3.05) is 33.3 Å². The summed E-state index contributed by atoms with van der Waals surface area (Å²) in [6.45, 7) is 4.51. The molecule has 1 spiro atoms. The van der Waals surface area contributed by atoms with Gasteiger partial charge in [-0.3, -0.25) is 9.69 Å². The lowest BCUT2D eigenvalue weighted by Gasteiger charge is -2.37. The van der Waals surface area contributed by atoms with Gasteiger partial charge in [-0.25, -0.2) is 13.6 Å². The van der Waals surface area contributed by atoms with Crippen molar-refractivity contribution in [3.05, 3.63) is 46.7 Å². The monoisotopic (exact) mass is 546 g/mol. The number of aromatic nitrogens is 1. The van der Waals surface area contributed by atoms with E-state index in [0.717, 1.165) is 25.7 Å². The Bertz CT molecular complexity index is 1170. The van der Waals surface area contributed by atoms with Crippen molar-refractivity contribution >= 4 is 12.0 Å². The molecule has 2 aliphatic heterocycles. The van der Waals surface area contributed by atoms with Crippen LogP contribution in [0.4, 0.5) is 13.6 Å². The van der Waals surface area contributed by atoms with E-state index in [4.69, 9.17) is 14.0 Å². The van der Waals surface area contributed by atoms with Crippen LogP contribution in [0.3, 0.4) is 0 Å². The fourth-order valence-electron chi connectivity index (χ4n) is 6.03. The molecular weight excluding hydrogens is 510 g/mol. The summed E-state index contributed by atoms with van der Waals surface area (Å²) in [5.41, 5.74) is 0.104. The van der Waals surface area contributed by atoms with Gasteiger partial charge in [0.1, 0.15) is 17.2 Å². The number of methoxy groups -OCH3 is 1. The van der Waals surface area contributed by atoms with Gasteiger partial charge in [-0.05, 0) is 61.4 Å². The van der Waals surface area contributed by atoms with Gasteiger partial charge in [0, 0.05) is 56.6 Å². The van der Waals surface area contributed by atoms with Crippen molar-refractivity contribution in [1.29, 1.82) is 0 Å². The van der Waals surface area contributed by atoms with Crippen molar-refractivity contribution in [2.24, 2.45) is 11.8 Å². The smallest absolute Gasteiger partial charge is 0.410 e. The van der Waals surface area contributed by atoms with Crippen LogP contribution in [0.25, 0.3) is 0 Å². The molecule has 212 valence electrons. The number of nitrogens with zero attached hydrogens (tertiary/aromatic N) is 3. The van der Waals surface area contributed by atoms with Gasteiger partial charge in [0.05, 0.1) is 20.2 Å². The summed E-state index contributed by atoms with van der Waals surface area (Å²) in [4.78, 5) is 29.2. The van der Waals surface area contributed by atoms with Gasteiger partial charge in [0.25, 0.3) is 5.88 Å². The van der Waals surface area contributed by atoms with Crippen LogP contribution in [0, 0.1) is 30.4 Å². The summed E-state index contributed by atoms with van der Waals surface area (Å²) < 4.78 is 44.6. The summed E-state index contributed by atoms with van der Waals surface area (Å²) in [6, 6.07) is 4.36. The minimum Gasteiger partial charge on any atom is -0.479 e. The van der Waals surface area contributed by atoms with E-state index >= 15 is 0 Å². The van der Waals surface area contributed by atoms with Gasteiger partial charge in [0.2, 0.25) is 5.91 Å². The van der Waals surface area contributed by atoms with E-state index in [-0.39, 0.29) is 36.6 Å². The first-order valence-electron chi connectivity index (χ1n) is 13.7. The fraction of sp³-hybridized carbons (Fsp3) is 0.607.